The third-order valence-corrected chi connectivity index (χ3v) is 2.66. The Balaban J connectivity index is 0.00000121. The van der Waals surface area contributed by atoms with Gasteiger partial charge in [-0.2, -0.15) is 0 Å². The van der Waals surface area contributed by atoms with Gasteiger partial charge in [0.15, 0.2) is 0 Å². The zero-order valence-electron chi connectivity index (χ0n) is 7.69. The van der Waals surface area contributed by atoms with E-state index < -0.39 is 0 Å². The van der Waals surface area contributed by atoms with Gasteiger partial charge in [-0.25, -0.2) is 0 Å². The highest BCUT2D eigenvalue weighted by atomic mass is 14.2. The molecule has 12 heavy (non-hydrogen) atoms. The molecule has 0 aromatic carbocycles. The summed E-state index contributed by atoms with van der Waals surface area (Å²) in [5.74, 6) is 0.831. The maximum atomic E-state index is 3.87. The smallest absolute Gasteiger partial charge is 0.0160 e. The SMILES string of the molecule is C.C=CC1=C(C)CCC1CCC. The second kappa shape index (κ2) is 5.18. The summed E-state index contributed by atoms with van der Waals surface area (Å²) in [7, 11) is 0. The van der Waals surface area contributed by atoms with Crippen LogP contribution in [0.1, 0.15) is 47.0 Å². The molecule has 1 rings (SSSR count). The van der Waals surface area contributed by atoms with Gasteiger partial charge in [0.25, 0.3) is 0 Å². The molecule has 0 aromatic heterocycles. The van der Waals surface area contributed by atoms with Crippen molar-refractivity contribution in [3.8, 4) is 0 Å². The van der Waals surface area contributed by atoms with E-state index in [1.165, 1.54) is 31.3 Å². The van der Waals surface area contributed by atoms with Crippen molar-refractivity contribution in [3.05, 3.63) is 23.8 Å². The van der Waals surface area contributed by atoms with Gasteiger partial charge in [0.1, 0.15) is 0 Å². The molecule has 0 N–H and O–H groups in total. The predicted molar refractivity (Wildman–Crippen MR) is 57.3 cm³/mol. The Morgan fingerprint density at radius 2 is 2.25 bits per heavy atom. The quantitative estimate of drug-likeness (QED) is 0.585. The first-order valence-corrected chi connectivity index (χ1v) is 4.61. The third-order valence-electron chi connectivity index (χ3n) is 2.66. The van der Waals surface area contributed by atoms with Gasteiger partial charge < -0.3 is 0 Å². The minimum absolute atomic E-state index is 0. The Morgan fingerprint density at radius 1 is 1.58 bits per heavy atom. The summed E-state index contributed by atoms with van der Waals surface area (Å²) >= 11 is 0. The van der Waals surface area contributed by atoms with Gasteiger partial charge >= 0.3 is 0 Å². The fourth-order valence-electron chi connectivity index (χ4n) is 2.03. The van der Waals surface area contributed by atoms with E-state index in [0.29, 0.717) is 0 Å². The van der Waals surface area contributed by atoms with Crippen LogP contribution in [0.25, 0.3) is 0 Å². The summed E-state index contributed by atoms with van der Waals surface area (Å²) in [5.41, 5.74) is 3.10. The Bertz CT molecular complexity index is 174. The van der Waals surface area contributed by atoms with E-state index in [9.17, 15) is 0 Å². The van der Waals surface area contributed by atoms with Crippen LogP contribution < -0.4 is 0 Å². The number of rotatable bonds is 3. The second-order valence-corrected chi connectivity index (χ2v) is 3.46. The fourth-order valence-corrected chi connectivity index (χ4v) is 2.03. The molecule has 0 nitrogen and oxygen atoms in total. The van der Waals surface area contributed by atoms with Crippen LogP contribution in [0.3, 0.4) is 0 Å². The van der Waals surface area contributed by atoms with Crippen molar-refractivity contribution in [2.45, 2.75) is 47.0 Å². The van der Waals surface area contributed by atoms with Crippen LogP contribution in [0.5, 0.6) is 0 Å². The third kappa shape index (κ3) is 2.23. The molecule has 0 saturated heterocycles. The van der Waals surface area contributed by atoms with Crippen molar-refractivity contribution in [2.75, 3.05) is 0 Å². The lowest BCUT2D eigenvalue weighted by molar-refractivity contribution is 0.553. The zero-order valence-corrected chi connectivity index (χ0v) is 7.69. The average Bonchev–Trinajstić information content (AvgIpc) is 2.33. The van der Waals surface area contributed by atoms with Crippen LogP contribution in [-0.2, 0) is 0 Å². The molecule has 1 aliphatic rings. The predicted octanol–water partition coefficient (Wildman–Crippen LogP) is 4.34. The topological polar surface area (TPSA) is 0 Å². The van der Waals surface area contributed by atoms with Gasteiger partial charge in [0.2, 0.25) is 0 Å². The van der Waals surface area contributed by atoms with Gasteiger partial charge in [0.05, 0.1) is 0 Å². The lowest BCUT2D eigenvalue weighted by Gasteiger charge is -2.09. The van der Waals surface area contributed by atoms with Crippen molar-refractivity contribution < 1.29 is 0 Å². The van der Waals surface area contributed by atoms with Crippen LogP contribution in [0.4, 0.5) is 0 Å². The molecular formula is C12H22. The summed E-state index contributed by atoms with van der Waals surface area (Å²) in [6.07, 6.45) is 7.36. The Labute approximate surface area is 77.4 Å². The molecule has 1 unspecified atom stereocenters. The molecule has 0 saturated carbocycles. The largest absolute Gasteiger partial charge is 0.0988 e. The van der Waals surface area contributed by atoms with E-state index in [2.05, 4.69) is 26.5 Å². The highest BCUT2D eigenvalue weighted by Crippen LogP contribution is 2.34. The summed E-state index contributed by atoms with van der Waals surface area (Å²) < 4.78 is 0. The van der Waals surface area contributed by atoms with E-state index >= 15 is 0 Å². The summed E-state index contributed by atoms with van der Waals surface area (Å²) in [6.45, 7) is 8.37. The number of hydrogen-bond acceptors (Lipinski definition) is 0. The van der Waals surface area contributed by atoms with Crippen molar-refractivity contribution in [3.63, 3.8) is 0 Å². The maximum absolute atomic E-state index is 3.87. The van der Waals surface area contributed by atoms with E-state index in [1.807, 2.05) is 0 Å². The Morgan fingerprint density at radius 3 is 2.75 bits per heavy atom. The summed E-state index contributed by atoms with van der Waals surface area (Å²) in [4.78, 5) is 0. The van der Waals surface area contributed by atoms with Gasteiger partial charge in [-0.3, -0.25) is 0 Å². The van der Waals surface area contributed by atoms with Crippen LogP contribution in [0.2, 0.25) is 0 Å². The second-order valence-electron chi connectivity index (χ2n) is 3.46. The minimum atomic E-state index is 0. The van der Waals surface area contributed by atoms with Crippen molar-refractivity contribution in [1.82, 2.24) is 0 Å². The minimum Gasteiger partial charge on any atom is -0.0988 e. The molecule has 1 aliphatic carbocycles. The normalized spacial score (nSPS) is 22.3. The lowest BCUT2D eigenvalue weighted by atomic mass is 9.96. The highest BCUT2D eigenvalue weighted by molar-refractivity contribution is 5.29. The van der Waals surface area contributed by atoms with Crippen LogP contribution in [-0.4, -0.2) is 0 Å². The number of allylic oxidation sites excluding steroid dienone is 3. The molecule has 0 radical (unpaired) electrons. The first-order chi connectivity index (χ1) is 5.29. The first-order valence-electron chi connectivity index (χ1n) is 4.61. The van der Waals surface area contributed by atoms with Gasteiger partial charge in [0, 0.05) is 0 Å². The zero-order chi connectivity index (χ0) is 8.27. The fraction of sp³-hybridized carbons (Fsp3) is 0.667. The highest BCUT2D eigenvalue weighted by Gasteiger charge is 2.19. The average molecular weight is 166 g/mol. The van der Waals surface area contributed by atoms with Crippen molar-refractivity contribution >= 4 is 0 Å². The number of hydrogen-bond donors (Lipinski definition) is 0. The molecule has 0 heteroatoms. The molecular weight excluding hydrogens is 144 g/mol. The molecule has 0 spiro atoms. The molecule has 70 valence electrons. The van der Waals surface area contributed by atoms with E-state index in [1.54, 1.807) is 5.57 Å². The van der Waals surface area contributed by atoms with Gasteiger partial charge in [-0.15, -0.1) is 0 Å². The van der Waals surface area contributed by atoms with Crippen molar-refractivity contribution in [2.24, 2.45) is 5.92 Å². The standard InChI is InChI=1S/C11H18.CH4/c1-4-6-10-8-7-9(3)11(10)5-2;/h5,10H,2,4,6-8H2,1,3H3;1H4. The summed E-state index contributed by atoms with van der Waals surface area (Å²) in [6, 6.07) is 0. The monoisotopic (exact) mass is 166 g/mol. The van der Waals surface area contributed by atoms with E-state index in [0.717, 1.165) is 5.92 Å². The molecule has 0 fully saturated rings. The molecule has 0 amide bonds. The molecule has 0 heterocycles. The van der Waals surface area contributed by atoms with Gasteiger partial charge in [-0.1, -0.05) is 39.0 Å². The molecule has 1 atom stereocenters. The first kappa shape index (κ1) is 11.5. The van der Waals surface area contributed by atoms with E-state index in [-0.39, 0.29) is 7.43 Å². The Hall–Kier alpha value is -0.520. The molecule has 0 aliphatic heterocycles. The van der Waals surface area contributed by atoms with Crippen LogP contribution in [0.15, 0.2) is 23.8 Å². The molecule has 0 bridgehead atoms. The van der Waals surface area contributed by atoms with Crippen LogP contribution >= 0.6 is 0 Å². The summed E-state index contributed by atoms with van der Waals surface area (Å²) in [5, 5.41) is 0. The van der Waals surface area contributed by atoms with Crippen molar-refractivity contribution in [1.29, 1.82) is 0 Å². The van der Waals surface area contributed by atoms with Gasteiger partial charge in [-0.05, 0) is 37.7 Å². The van der Waals surface area contributed by atoms with E-state index in [4.69, 9.17) is 0 Å². The lowest BCUT2D eigenvalue weighted by Crippen LogP contribution is -1.96. The molecule has 0 aromatic rings. The Kier molecular flexibility index (Phi) is 4.96. The maximum Gasteiger partial charge on any atom is -0.0160 e. The van der Waals surface area contributed by atoms with Crippen LogP contribution in [0, 0.1) is 5.92 Å².